The van der Waals surface area contributed by atoms with E-state index in [0.717, 1.165) is 12.0 Å². The van der Waals surface area contributed by atoms with E-state index in [4.69, 9.17) is 4.74 Å². The van der Waals surface area contributed by atoms with E-state index >= 15 is 0 Å². The quantitative estimate of drug-likeness (QED) is 0.332. The molecule has 0 aliphatic carbocycles. The molecule has 3 amide bonds. The van der Waals surface area contributed by atoms with Crippen molar-refractivity contribution in [2.75, 3.05) is 6.61 Å². The van der Waals surface area contributed by atoms with E-state index in [1.165, 1.54) is 6.21 Å². The lowest BCUT2D eigenvalue weighted by Gasteiger charge is -2.09. The molecule has 0 spiro atoms. The van der Waals surface area contributed by atoms with Crippen molar-refractivity contribution in [2.45, 2.75) is 32.9 Å². The number of hydrogen-bond donors (Lipinski definition) is 3. The highest BCUT2D eigenvalue weighted by molar-refractivity contribution is 6.35. The summed E-state index contributed by atoms with van der Waals surface area (Å²) in [6.07, 6.45) is 2.14. The van der Waals surface area contributed by atoms with Crippen LogP contribution in [0.3, 0.4) is 0 Å². The maximum absolute atomic E-state index is 11.9. The van der Waals surface area contributed by atoms with Crippen molar-refractivity contribution >= 4 is 23.9 Å². The van der Waals surface area contributed by atoms with Crippen molar-refractivity contribution in [1.29, 1.82) is 0 Å². The second-order valence-electron chi connectivity index (χ2n) is 6.60. The van der Waals surface area contributed by atoms with Gasteiger partial charge in [-0.2, -0.15) is 5.10 Å². The van der Waals surface area contributed by atoms with Gasteiger partial charge in [-0.3, -0.25) is 14.4 Å². The molecule has 2 aromatic carbocycles. The fourth-order valence-corrected chi connectivity index (χ4v) is 2.25. The molecule has 0 aromatic heterocycles. The highest BCUT2D eigenvalue weighted by Crippen LogP contribution is 2.11. The molecule has 2 rings (SSSR count). The van der Waals surface area contributed by atoms with Crippen molar-refractivity contribution in [2.24, 2.45) is 5.10 Å². The second-order valence-corrected chi connectivity index (χ2v) is 6.60. The van der Waals surface area contributed by atoms with E-state index in [2.05, 4.69) is 21.2 Å². The first-order valence-corrected chi connectivity index (χ1v) is 9.65. The van der Waals surface area contributed by atoms with E-state index in [-0.39, 0.29) is 18.6 Å². The van der Waals surface area contributed by atoms with E-state index < -0.39 is 11.8 Å². The summed E-state index contributed by atoms with van der Waals surface area (Å²) in [7, 11) is 0. The number of hydrazone groups is 1. The van der Waals surface area contributed by atoms with Crippen LogP contribution in [0.2, 0.25) is 0 Å². The van der Waals surface area contributed by atoms with Crippen LogP contribution in [-0.4, -0.2) is 36.6 Å². The smallest absolute Gasteiger partial charge is 0.329 e. The second kappa shape index (κ2) is 12.0. The van der Waals surface area contributed by atoms with Gasteiger partial charge in [0.1, 0.15) is 5.75 Å². The molecule has 0 saturated heterocycles. The highest BCUT2D eigenvalue weighted by Gasteiger charge is 2.14. The fourth-order valence-electron chi connectivity index (χ4n) is 2.25. The van der Waals surface area contributed by atoms with Crippen LogP contribution >= 0.6 is 0 Å². The summed E-state index contributed by atoms with van der Waals surface area (Å²) < 4.78 is 5.45. The van der Waals surface area contributed by atoms with Crippen LogP contribution in [0.15, 0.2) is 59.7 Å². The van der Waals surface area contributed by atoms with Crippen LogP contribution in [0.4, 0.5) is 0 Å². The molecule has 0 unspecified atom stereocenters. The van der Waals surface area contributed by atoms with E-state index in [9.17, 15) is 14.4 Å². The average Bonchev–Trinajstić information content (AvgIpc) is 2.77. The van der Waals surface area contributed by atoms with Gasteiger partial charge in [0.15, 0.2) is 6.61 Å². The third-order valence-corrected chi connectivity index (χ3v) is 4.16. The Bertz CT molecular complexity index is 866. The first-order valence-electron chi connectivity index (χ1n) is 9.65. The number of amides is 3. The monoisotopic (exact) mass is 410 g/mol. The molecule has 158 valence electrons. The topological polar surface area (TPSA) is 109 Å². The average molecular weight is 410 g/mol. The van der Waals surface area contributed by atoms with Crippen molar-refractivity contribution in [3.8, 4) is 5.75 Å². The summed E-state index contributed by atoms with van der Waals surface area (Å²) in [4.78, 5) is 35.1. The van der Waals surface area contributed by atoms with Gasteiger partial charge in [0.25, 0.3) is 5.91 Å². The predicted molar refractivity (Wildman–Crippen MR) is 114 cm³/mol. The van der Waals surface area contributed by atoms with Gasteiger partial charge < -0.3 is 15.4 Å². The van der Waals surface area contributed by atoms with Crippen molar-refractivity contribution in [3.63, 3.8) is 0 Å². The number of carbonyl (C=O) groups excluding carboxylic acids is 3. The van der Waals surface area contributed by atoms with Crippen molar-refractivity contribution in [1.82, 2.24) is 16.1 Å². The normalized spacial score (nSPS) is 11.5. The number of rotatable bonds is 9. The van der Waals surface area contributed by atoms with Crippen LogP contribution in [0.1, 0.15) is 31.4 Å². The molecule has 0 bridgehead atoms. The van der Waals surface area contributed by atoms with Crippen LogP contribution in [0.5, 0.6) is 5.75 Å². The molecular weight excluding hydrogens is 384 g/mol. The number of ether oxygens (including phenoxy) is 1. The molecule has 8 nitrogen and oxygen atoms in total. The van der Waals surface area contributed by atoms with Gasteiger partial charge in [0, 0.05) is 12.6 Å². The Morgan fingerprint density at radius 1 is 1.03 bits per heavy atom. The van der Waals surface area contributed by atoms with Crippen molar-refractivity contribution in [3.05, 3.63) is 65.7 Å². The molecular formula is C22H26N4O4. The van der Waals surface area contributed by atoms with Gasteiger partial charge in [-0.05, 0) is 48.7 Å². The largest absolute Gasteiger partial charge is 0.484 e. The molecule has 0 saturated carbocycles. The third kappa shape index (κ3) is 8.14. The number of nitrogens with one attached hydrogen (secondary N) is 3. The summed E-state index contributed by atoms with van der Waals surface area (Å²) in [5.74, 6) is -1.24. The van der Waals surface area contributed by atoms with Crippen LogP contribution < -0.4 is 20.8 Å². The molecule has 1 atom stereocenters. The summed E-state index contributed by atoms with van der Waals surface area (Å²) in [6.45, 7) is 4.07. The standard InChI is InChI=1S/C22H26N4O4/c1-3-16(2)25-21(28)22(29)26-24-14-18-9-11-19(12-10-18)30-15-20(27)23-13-17-7-5-4-6-8-17/h4-12,14,16H,3,13,15H2,1-2H3,(H,23,27)(H,25,28)(H,26,29)/b24-14-/t16-/m1/s1. The zero-order valence-electron chi connectivity index (χ0n) is 17.1. The van der Waals surface area contributed by atoms with Crippen LogP contribution in [0.25, 0.3) is 0 Å². The Hall–Kier alpha value is -3.68. The molecule has 0 radical (unpaired) electrons. The van der Waals surface area contributed by atoms with E-state index in [1.54, 1.807) is 24.3 Å². The Kier molecular flexibility index (Phi) is 9.05. The zero-order valence-corrected chi connectivity index (χ0v) is 17.1. The minimum absolute atomic E-state index is 0.0832. The molecule has 0 fully saturated rings. The summed E-state index contributed by atoms with van der Waals surface area (Å²) >= 11 is 0. The predicted octanol–water partition coefficient (Wildman–Crippen LogP) is 1.75. The summed E-state index contributed by atoms with van der Waals surface area (Å²) in [6, 6.07) is 16.3. The van der Waals surface area contributed by atoms with E-state index in [1.807, 2.05) is 44.2 Å². The first kappa shape index (κ1) is 22.6. The minimum atomic E-state index is -0.826. The fraction of sp³-hybridized carbons (Fsp3) is 0.273. The minimum Gasteiger partial charge on any atom is -0.484 e. The maximum Gasteiger partial charge on any atom is 0.329 e. The molecule has 0 heterocycles. The Morgan fingerprint density at radius 3 is 2.40 bits per heavy atom. The molecule has 0 aliphatic heterocycles. The lowest BCUT2D eigenvalue weighted by atomic mass is 10.2. The highest BCUT2D eigenvalue weighted by atomic mass is 16.5. The molecule has 8 heteroatoms. The van der Waals surface area contributed by atoms with Gasteiger partial charge in [-0.25, -0.2) is 5.43 Å². The van der Waals surface area contributed by atoms with E-state index in [0.29, 0.717) is 17.9 Å². The number of hydrogen-bond acceptors (Lipinski definition) is 5. The molecule has 30 heavy (non-hydrogen) atoms. The zero-order chi connectivity index (χ0) is 21.8. The lowest BCUT2D eigenvalue weighted by Crippen LogP contribution is -2.41. The van der Waals surface area contributed by atoms with Gasteiger partial charge in [-0.1, -0.05) is 37.3 Å². The maximum atomic E-state index is 11.9. The SMILES string of the molecule is CC[C@@H](C)NC(=O)C(=O)N/N=C\c1ccc(OCC(=O)NCc2ccccc2)cc1. The molecule has 2 aromatic rings. The Labute approximate surface area is 175 Å². The molecule has 0 aliphatic rings. The Balaban J connectivity index is 1.72. The number of benzene rings is 2. The number of carbonyl (C=O) groups is 3. The van der Waals surface area contributed by atoms with Gasteiger partial charge in [0.2, 0.25) is 0 Å². The third-order valence-electron chi connectivity index (χ3n) is 4.16. The van der Waals surface area contributed by atoms with Crippen LogP contribution in [0, 0.1) is 0 Å². The summed E-state index contributed by atoms with van der Waals surface area (Å²) in [5.41, 5.74) is 3.88. The van der Waals surface area contributed by atoms with Gasteiger partial charge >= 0.3 is 11.8 Å². The van der Waals surface area contributed by atoms with Gasteiger partial charge in [0.05, 0.1) is 6.21 Å². The lowest BCUT2D eigenvalue weighted by molar-refractivity contribution is -0.139. The Morgan fingerprint density at radius 2 is 1.73 bits per heavy atom. The number of nitrogens with zero attached hydrogens (tertiary/aromatic N) is 1. The van der Waals surface area contributed by atoms with Crippen molar-refractivity contribution < 1.29 is 19.1 Å². The molecule has 3 N–H and O–H groups in total. The van der Waals surface area contributed by atoms with Crippen LogP contribution in [-0.2, 0) is 20.9 Å². The van der Waals surface area contributed by atoms with Gasteiger partial charge in [-0.15, -0.1) is 0 Å². The first-order chi connectivity index (χ1) is 14.5. The summed E-state index contributed by atoms with van der Waals surface area (Å²) in [5, 5.41) is 9.10.